The zero-order chi connectivity index (χ0) is 29.6. The van der Waals surface area contributed by atoms with E-state index in [0.717, 1.165) is 63.8 Å². The van der Waals surface area contributed by atoms with Crippen molar-refractivity contribution in [2.75, 3.05) is 17.2 Å². The summed E-state index contributed by atoms with van der Waals surface area (Å²) < 4.78 is 27.5. The fourth-order valence-electron chi connectivity index (χ4n) is 5.51. The van der Waals surface area contributed by atoms with Gasteiger partial charge in [-0.15, -0.1) is 11.3 Å². The van der Waals surface area contributed by atoms with E-state index >= 15 is 0 Å². The molecule has 3 aromatic heterocycles. The Labute approximate surface area is 247 Å². The number of sulfone groups is 1. The summed E-state index contributed by atoms with van der Waals surface area (Å²) in [6.45, 7) is 14.9. The summed E-state index contributed by atoms with van der Waals surface area (Å²) in [6, 6.07) is 10.9. The summed E-state index contributed by atoms with van der Waals surface area (Å²) in [5.41, 5.74) is 3.57. The number of nitrogens with one attached hydrogen (secondary N) is 2. The van der Waals surface area contributed by atoms with Crippen molar-refractivity contribution in [3.05, 3.63) is 54.0 Å². The van der Waals surface area contributed by atoms with Crippen molar-refractivity contribution in [3.8, 4) is 10.6 Å². The maximum Gasteiger partial charge on any atom is 0.224 e. The van der Waals surface area contributed by atoms with Crippen LogP contribution in [0.25, 0.3) is 20.8 Å². The molecule has 0 radical (unpaired) electrons. The van der Waals surface area contributed by atoms with E-state index in [1.165, 1.54) is 0 Å². The van der Waals surface area contributed by atoms with Gasteiger partial charge in [0.2, 0.25) is 5.95 Å². The molecule has 0 aliphatic heterocycles. The minimum atomic E-state index is -3.50. The predicted molar refractivity (Wildman–Crippen MR) is 168 cm³/mol. The lowest BCUT2D eigenvalue weighted by Gasteiger charge is -2.31. The third-order valence-corrected chi connectivity index (χ3v) is 11.7. The van der Waals surface area contributed by atoms with Gasteiger partial charge in [-0.1, -0.05) is 39.0 Å². The minimum Gasteiger partial charge on any atom is -0.367 e. The lowest BCUT2D eigenvalue weighted by atomic mass is 9.93. The number of pyridine rings is 1. The van der Waals surface area contributed by atoms with Gasteiger partial charge in [0.15, 0.2) is 9.84 Å². The molecule has 0 spiro atoms. The van der Waals surface area contributed by atoms with Gasteiger partial charge >= 0.3 is 0 Å². The molecular weight excluding hydrogens is 553 g/mol. The summed E-state index contributed by atoms with van der Waals surface area (Å²) in [7, 11) is -3.50. The summed E-state index contributed by atoms with van der Waals surface area (Å²) in [4.78, 5) is 19.5. The molecule has 1 saturated carbocycles. The van der Waals surface area contributed by atoms with E-state index in [1.807, 2.05) is 46.0 Å². The second-order valence-electron chi connectivity index (χ2n) is 12.8. The smallest absolute Gasteiger partial charge is 0.224 e. The van der Waals surface area contributed by atoms with Crippen molar-refractivity contribution in [2.45, 2.75) is 83.4 Å². The minimum absolute atomic E-state index is 0.00579. The molecule has 10 heteroatoms. The zero-order valence-electron chi connectivity index (χ0n) is 24.9. The molecule has 1 aromatic carbocycles. The molecule has 2 atom stereocenters. The largest absolute Gasteiger partial charge is 0.367 e. The highest BCUT2D eigenvalue weighted by Gasteiger charge is 2.46. The lowest BCUT2D eigenvalue weighted by molar-refractivity contribution is 0.402. The van der Waals surface area contributed by atoms with Crippen LogP contribution >= 0.6 is 11.3 Å². The van der Waals surface area contributed by atoms with Crippen LogP contribution in [0, 0.1) is 25.2 Å². The van der Waals surface area contributed by atoms with Crippen molar-refractivity contribution < 1.29 is 8.42 Å². The zero-order valence-corrected chi connectivity index (χ0v) is 26.6. The van der Waals surface area contributed by atoms with Crippen LogP contribution in [0.15, 0.2) is 47.5 Å². The Hall–Kier alpha value is -3.11. The van der Waals surface area contributed by atoms with E-state index in [2.05, 4.69) is 36.4 Å². The average molecular weight is 593 g/mol. The molecule has 0 saturated heterocycles. The fraction of sp³-hybridized carbons (Fsp3) is 0.484. The van der Waals surface area contributed by atoms with Gasteiger partial charge in [0.1, 0.15) is 16.3 Å². The van der Waals surface area contributed by atoms with Crippen LogP contribution in [0.2, 0.25) is 0 Å². The van der Waals surface area contributed by atoms with Crippen molar-refractivity contribution >= 4 is 43.2 Å². The Bertz CT molecular complexity index is 1660. The van der Waals surface area contributed by atoms with Crippen LogP contribution in [-0.4, -0.2) is 45.7 Å². The van der Waals surface area contributed by atoms with Crippen LogP contribution in [0.5, 0.6) is 0 Å². The van der Waals surface area contributed by atoms with E-state index in [-0.39, 0.29) is 17.4 Å². The maximum atomic E-state index is 13.6. The lowest BCUT2D eigenvalue weighted by Crippen LogP contribution is -2.39. The topological polar surface area (TPSA) is 110 Å². The van der Waals surface area contributed by atoms with E-state index in [0.29, 0.717) is 10.8 Å². The fourth-order valence-corrected chi connectivity index (χ4v) is 8.39. The van der Waals surface area contributed by atoms with Gasteiger partial charge in [-0.05, 0) is 76.5 Å². The predicted octanol–water partition coefficient (Wildman–Crippen LogP) is 7.06. The molecule has 4 aromatic rings. The number of hydrogen-bond donors (Lipinski definition) is 2. The number of thiazole rings is 1. The third kappa shape index (κ3) is 5.95. The van der Waals surface area contributed by atoms with Crippen molar-refractivity contribution in [1.29, 1.82) is 0 Å². The molecule has 1 fully saturated rings. The first-order valence-corrected chi connectivity index (χ1v) is 16.5. The van der Waals surface area contributed by atoms with Crippen LogP contribution < -0.4 is 10.6 Å². The van der Waals surface area contributed by atoms with E-state index < -0.39 is 14.6 Å². The Balaban J connectivity index is 1.47. The van der Waals surface area contributed by atoms with Crippen LogP contribution in [0.1, 0.15) is 65.3 Å². The number of fused-ring (bicyclic) bond motifs is 1. The quantitative estimate of drug-likeness (QED) is 0.224. The number of hydrogen-bond acceptors (Lipinski definition) is 9. The van der Waals surface area contributed by atoms with Crippen LogP contribution in [0.4, 0.5) is 11.8 Å². The second-order valence-corrected chi connectivity index (χ2v) is 16.4. The van der Waals surface area contributed by atoms with E-state index in [1.54, 1.807) is 35.6 Å². The van der Waals surface area contributed by atoms with Gasteiger partial charge in [0, 0.05) is 18.8 Å². The van der Waals surface area contributed by atoms with Crippen LogP contribution in [0.3, 0.4) is 0 Å². The molecule has 41 heavy (non-hydrogen) atoms. The number of aromatic nitrogens is 4. The molecule has 218 valence electrons. The molecule has 5 rings (SSSR count). The maximum absolute atomic E-state index is 13.6. The highest BCUT2D eigenvalue weighted by Crippen LogP contribution is 2.43. The molecule has 1 aliphatic rings. The average Bonchev–Trinajstić information content (AvgIpc) is 3.56. The first-order valence-electron chi connectivity index (χ1n) is 14.2. The molecule has 0 bridgehead atoms. The van der Waals surface area contributed by atoms with Gasteiger partial charge in [-0.2, -0.15) is 4.98 Å². The summed E-state index contributed by atoms with van der Waals surface area (Å²) in [6.07, 6.45) is 4.21. The summed E-state index contributed by atoms with van der Waals surface area (Å²) in [5, 5.41) is 7.96. The number of benzene rings is 1. The van der Waals surface area contributed by atoms with Gasteiger partial charge in [-0.3, -0.25) is 4.98 Å². The molecule has 3 heterocycles. The van der Waals surface area contributed by atoms with Gasteiger partial charge in [0.25, 0.3) is 0 Å². The van der Waals surface area contributed by atoms with Crippen molar-refractivity contribution in [3.63, 3.8) is 0 Å². The first kappa shape index (κ1) is 29.4. The molecule has 0 amide bonds. The van der Waals surface area contributed by atoms with Crippen molar-refractivity contribution in [1.82, 2.24) is 19.9 Å². The Morgan fingerprint density at radius 3 is 2.37 bits per heavy atom. The molecule has 2 unspecified atom stereocenters. The van der Waals surface area contributed by atoms with E-state index in [9.17, 15) is 8.42 Å². The molecular formula is C31H40N6O2S2. The molecule has 2 N–H and O–H groups in total. The monoisotopic (exact) mass is 592 g/mol. The normalized spacial score (nSPS) is 18.1. The van der Waals surface area contributed by atoms with Crippen molar-refractivity contribution in [2.24, 2.45) is 11.3 Å². The van der Waals surface area contributed by atoms with Gasteiger partial charge in [0.05, 0.1) is 31.3 Å². The molecule has 1 aliphatic carbocycles. The Kier molecular flexibility index (Phi) is 7.84. The SMILES string of the molecule is Cc1nc(NCC(C)(C)C)nc(NC2CCC(C(C)(C)S(=O)(=O)c3ccccc3)C2)c1-c1nc2c(C)nccc2s1. The summed E-state index contributed by atoms with van der Waals surface area (Å²) >= 11 is 1.61. The number of anilines is 2. The van der Waals surface area contributed by atoms with E-state index in [4.69, 9.17) is 15.0 Å². The van der Waals surface area contributed by atoms with Crippen LogP contribution in [-0.2, 0) is 9.84 Å². The van der Waals surface area contributed by atoms with Gasteiger partial charge in [-0.25, -0.2) is 18.4 Å². The molecule has 8 nitrogen and oxygen atoms in total. The highest BCUT2D eigenvalue weighted by molar-refractivity contribution is 7.92. The highest BCUT2D eigenvalue weighted by atomic mass is 32.2. The third-order valence-electron chi connectivity index (χ3n) is 8.07. The number of rotatable bonds is 8. The Morgan fingerprint density at radius 1 is 0.951 bits per heavy atom. The summed E-state index contributed by atoms with van der Waals surface area (Å²) in [5.74, 6) is 1.31. The Morgan fingerprint density at radius 2 is 1.68 bits per heavy atom. The number of nitrogens with zero attached hydrogens (tertiary/aromatic N) is 4. The van der Waals surface area contributed by atoms with Gasteiger partial charge < -0.3 is 10.6 Å². The second kappa shape index (κ2) is 10.9. The number of aryl methyl sites for hydroxylation is 2. The first-order chi connectivity index (χ1) is 19.3. The standard InChI is InChI=1S/C31H40N6O2S2/c1-19-25(28-36-26-20(2)32-16-15-24(26)40-28)27(37-29(34-19)33-18-30(3,4)5)35-22-14-13-21(17-22)31(6,7)41(38,39)23-11-9-8-10-12-23/h8-12,15-16,21-22H,13-14,17-18H2,1-7H3,(H2,33,34,35,37).